The van der Waals surface area contributed by atoms with Crippen LogP contribution in [0.4, 0.5) is 8.78 Å². The number of hydrogen-bond acceptors (Lipinski definition) is 2. The highest BCUT2D eigenvalue weighted by Gasteiger charge is 2.38. The Morgan fingerprint density at radius 1 is 1.56 bits per heavy atom. The van der Waals surface area contributed by atoms with Crippen molar-refractivity contribution in [1.82, 2.24) is 9.78 Å². The molecular formula is C12H17ClF2N2O. The normalized spacial score (nSPS) is 22.1. The number of aromatic nitrogens is 2. The minimum Gasteiger partial charge on any atom is -0.386 e. The fraction of sp³-hybridized carbons (Fsp3) is 0.750. The second-order valence-electron chi connectivity index (χ2n) is 4.83. The fourth-order valence-electron chi connectivity index (χ4n) is 2.52. The van der Waals surface area contributed by atoms with Gasteiger partial charge in [0.2, 0.25) is 5.92 Å². The van der Waals surface area contributed by atoms with Gasteiger partial charge in [0.25, 0.3) is 0 Å². The van der Waals surface area contributed by atoms with Gasteiger partial charge in [-0.1, -0.05) is 11.6 Å². The molecule has 2 rings (SSSR count). The van der Waals surface area contributed by atoms with Gasteiger partial charge in [-0.25, -0.2) is 8.78 Å². The van der Waals surface area contributed by atoms with Crippen molar-refractivity contribution in [3.8, 4) is 0 Å². The average molecular weight is 279 g/mol. The molecule has 1 heterocycles. The number of rotatable bonds is 3. The molecule has 1 aliphatic rings. The first kappa shape index (κ1) is 13.7. The number of aliphatic hydroxyl groups excluding tert-OH is 1. The number of nitrogens with zero attached hydrogens (tertiary/aromatic N) is 2. The van der Waals surface area contributed by atoms with Crippen molar-refractivity contribution < 1.29 is 13.9 Å². The van der Waals surface area contributed by atoms with Gasteiger partial charge in [0.15, 0.2) is 0 Å². The Morgan fingerprint density at radius 3 is 2.72 bits per heavy atom. The molecule has 3 nitrogen and oxygen atoms in total. The Labute approximate surface area is 110 Å². The molecule has 0 spiro atoms. The minimum absolute atomic E-state index is 0.160. The summed E-state index contributed by atoms with van der Waals surface area (Å²) in [5, 5.41) is 14.8. The molecule has 1 saturated carbocycles. The SMILES string of the molecule is CCn1ncc(Cl)c1C(O)C1CCC(F)(F)CC1. The molecule has 1 aliphatic carbocycles. The Bertz CT molecular complexity index is 412. The second-order valence-corrected chi connectivity index (χ2v) is 5.24. The first-order valence-corrected chi connectivity index (χ1v) is 6.59. The summed E-state index contributed by atoms with van der Waals surface area (Å²) in [4.78, 5) is 0. The minimum atomic E-state index is -2.58. The maximum absolute atomic E-state index is 13.1. The van der Waals surface area contributed by atoms with E-state index < -0.39 is 12.0 Å². The molecule has 18 heavy (non-hydrogen) atoms. The van der Waals surface area contributed by atoms with Crippen LogP contribution in [0.15, 0.2) is 6.20 Å². The van der Waals surface area contributed by atoms with Crippen LogP contribution in [-0.4, -0.2) is 20.8 Å². The number of hydrogen-bond donors (Lipinski definition) is 1. The molecule has 1 N–H and O–H groups in total. The van der Waals surface area contributed by atoms with Crippen molar-refractivity contribution in [3.63, 3.8) is 0 Å². The molecule has 0 bridgehead atoms. The monoisotopic (exact) mass is 278 g/mol. The summed E-state index contributed by atoms with van der Waals surface area (Å²) < 4.78 is 27.8. The fourth-order valence-corrected chi connectivity index (χ4v) is 2.77. The molecule has 0 radical (unpaired) electrons. The molecule has 1 aromatic heterocycles. The van der Waals surface area contributed by atoms with Gasteiger partial charge in [-0.2, -0.15) is 5.10 Å². The standard InChI is InChI=1S/C12H17ClF2N2O/c1-2-17-10(9(13)7-16-17)11(18)8-3-5-12(14,15)6-4-8/h7-8,11,18H,2-6H2,1H3. The van der Waals surface area contributed by atoms with E-state index >= 15 is 0 Å². The van der Waals surface area contributed by atoms with Gasteiger partial charge >= 0.3 is 0 Å². The van der Waals surface area contributed by atoms with Crippen LogP contribution in [0.5, 0.6) is 0 Å². The summed E-state index contributed by atoms with van der Waals surface area (Å²) in [6, 6.07) is 0. The Hall–Kier alpha value is -0.680. The van der Waals surface area contributed by atoms with Gasteiger partial charge < -0.3 is 5.11 Å². The Balaban J connectivity index is 2.12. The maximum atomic E-state index is 13.1. The van der Waals surface area contributed by atoms with E-state index in [0.29, 0.717) is 30.1 Å². The van der Waals surface area contributed by atoms with Crippen LogP contribution < -0.4 is 0 Å². The predicted molar refractivity (Wildman–Crippen MR) is 64.8 cm³/mol. The first-order valence-electron chi connectivity index (χ1n) is 6.21. The molecule has 102 valence electrons. The van der Waals surface area contributed by atoms with Crippen molar-refractivity contribution in [2.75, 3.05) is 0 Å². The maximum Gasteiger partial charge on any atom is 0.248 e. The lowest BCUT2D eigenvalue weighted by molar-refractivity contribution is -0.0636. The van der Waals surface area contributed by atoms with E-state index in [1.54, 1.807) is 4.68 Å². The van der Waals surface area contributed by atoms with Crippen LogP contribution in [0, 0.1) is 5.92 Å². The molecule has 1 aromatic rings. The number of halogens is 3. The van der Waals surface area contributed by atoms with Gasteiger partial charge in [0, 0.05) is 19.4 Å². The highest BCUT2D eigenvalue weighted by Crippen LogP contribution is 2.42. The summed E-state index contributed by atoms with van der Waals surface area (Å²) in [7, 11) is 0. The molecular weight excluding hydrogens is 262 g/mol. The molecule has 0 aromatic carbocycles. The summed E-state index contributed by atoms with van der Waals surface area (Å²) in [6.45, 7) is 2.50. The van der Waals surface area contributed by atoms with Crippen molar-refractivity contribution >= 4 is 11.6 Å². The molecule has 0 amide bonds. The van der Waals surface area contributed by atoms with Crippen LogP contribution in [0.25, 0.3) is 0 Å². The smallest absolute Gasteiger partial charge is 0.248 e. The van der Waals surface area contributed by atoms with Crippen LogP contribution in [0.2, 0.25) is 5.02 Å². The van der Waals surface area contributed by atoms with Crippen molar-refractivity contribution in [3.05, 3.63) is 16.9 Å². The molecule has 6 heteroatoms. The zero-order chi connectivity index (χ0) is 13.3. The molecule has 1 unspecified atom stereocenters. The number of aliphatic hydroxyl groups is 1. The Morgan fingerprint density at radius 2 is 2.17 bits per heavy atom. The lowest BCUT2D eigenvalue weighted by atomic mass is 9.82. The highest BCUT2D eigenvalue weighted by atomic mass is 35.5. The van der Waals surface area contributed by atoms with Crippen LogP contribution in [0.3, 0.4) is 0 Å². The zero-order valence-corrected chi connectivity index (χ0v) is 11.0. The molecule has 1 atom stereocenters. The second kappa shape index (κ2) is 5.13. The topological polar surface area (TPSA) is 38.0 Å². The average Bonchev–Trinajstić information content (AvgIpc) is 2.69. The van der Waals surface area contributed by atoms with Crippen LogP contribution in [-0.2, 0) is 6.54 Å². The molecule has 1 fully saturated rings. The number of aryl methyl sites for hydroxylation is 1. The quantitative estimate of drug-likeness (QED) is 0.920. The van der Waals surface area contributed by atoms with E-state index in [4.69, 9.17) is 11.6 Å². The van der Waals surface area contributed by atoms with Gasteiger partial charge in [0.1, 0.15) is 0 Å². The van der Waals surface area contributed by atoms with E-state index in [1.165, 1.54) is 6.20 Å². The molecule has 0 saturated heterocycles. The van der Waals surface area contributed by atoms with E-state index in [9.17, 15) is 13.9 Å². The summed E-state index contributed by atoms with van der Waals surface area (Å²) in [5.74, 6) is -2.74. The van der Waals surface area contributed by atoms with Gasteiger partial charge in [0.05, 0.1) is 23.0 Å². The predicted octanol–water partition coefficient (Wildman–Crippen LogP) is 3.42. The van der Waals surface area contributed by atoms with Crippen molar-refractivity contribution in [2.24, 2.45) is 5.92 Å². The largest absolute Gasteiger partial charge is 0.386 e. The highest BCUT2D eigenvalue weighted by molar-refractivity contribution is 6.31. The van der Waals surface area contributed by atoms with Crippen molar-refractivity contribution in [2.45, 2.75) is 51.2 Å². The van der Waals surface area contributed by atoms with E-state index in [2.05, 4.69) is 5.10 Å². The third-order valence-electron chi connectivity index (χ3n) is 3.62. The molecule has 0 aliphatic heterocycles. The van der Waals surface area contributed by atoms with E-state index in [-0.39, 0.29) is 18.8 Å². The first-order chi connectivity index (χ1) is 8.44. The summed E-state index contributed by atoms with van der Waals surface area (Å²) >= 11 is 6.00. The third-order valence-corrected chi connectivity index (χ3v) is 3.91. The lowest BCUT2D eigenvalue weighted by Crippen LogP contribution is -2.28. The Kier molecular flexibility index (Phi) is 3.92. The lowest BCUT2D eigenvalue weighted by Gasteiger charge is -2.31. The zero-order valence-electron chi connectivity index (χ0n) is 10.2. The van der Waals surface area contributed by atoms with Crippen LogP contribution in [0.1, 0.15) is 44.4 Å². The summed E-state index contributed by atoms with van der Waals surface area (Å²) in [5.41, 5.74) is 0.550. The van der Waals surface area contributed by atoms with Gasteiger partial charge in [-0.05, 0) is 25.7 Å². The van der Waals surface area contributed by atoms with E-state index in [1.807, 2.05) is 6.92 Å². The summed E-state index contributed by atoms with van der Waals surface area (Å²) in [6.07, 6.45) is 0.995. The van der Waals surface area contributed by atoms with Crippen LogP contribution >= 0.6 is 11.6 Å². The number of alkyl halides is 2. The van der Waals surface area contributed by atoms with Crippen molar-refractivity contribution in [1.29, 1.82) is 0 Å². The third kappa shape index (κ3) is 2.67. The van der Waals surface area contributed by atoms with E-state index in [0.717, 1.165) is 0 Å². The van der Waals surface area contributed by atoms with Gasteiger partial charge in [-0.3, -0.25) is 4.68 Å². The van der Waals surface area contributed by atoms with Gasteiger partial charge in [-0.15, -0.1) is 0 Å².